The Morgan fingerprint density at radius 2 is 2.00 bits per heavy atom. The van der Waals surface area contributed by atoms with Gasteiger partial charge in [0.2, 0.25) is 0 Å². The molecular formula is C9H18O3. The third kappa shape index (κ3) is 7.69. The fourth-order valence-corrected chi connectivity index (χ4v) is 0.632. The minimum absolute atomic E-state index is 0.0112. The SMILES string of the molecule is CCCOCC(=O)COC(C)C. The third-order valence-electron chi connectivity index (χ3n) is 1.19. The second-order valence-electron chi connectivity index (χ2n) is 2.95. The lowest BCUT2D eigenvalue weighted by atomic mass is 10.4. The Labute approximate surface area is 74.0 Å². The van der Waals surface area contributed by atoms with Crippen LogP contribution in [0, 0.1) is 0 Å². The van der Waals surface area contributed by atoms with E-state index in [1.54, 1.807) is 0 Å². The van der Waals surface area contributed by atoms with Crippen LogP contribution in [-0.2, 0) is 14.3 Å². The highest BCUT2D eigenvalue weighted by Gasteiger charge is 2.02. The van der Waals surface area contributed by atoms with Gasteiger partial charge in [0, 0.05) is 6.61 Å². The Kier molecular flexibility index (Phi) is 7.00. The first-order valence-corrected chi connectivity index (χ1v) is 4.37. The van der Waals surface area contributed by atoms with E-state index in [9.17, 15) is 4.79 Å². The molecule has 0 bridgehead atoms. The molecule has 0 radical (unpaired) electrons. The average molecular weight is 174 g/mol. The van der Waals surface area contributed by atoms with E-state index in [1.807, 2.05) is 20.8 Å². The molecule has 0 amide bonds. The molecule has 0 aromatic rings. The van der Waals surface area contributed by atoms with Gasteiger partial charge in [-0.3, -0.25) is 4.79 Å². The molecule has 0 unspecified atom stereocenters. The van der Waals surface area contributed by atoms with Crippen molar-refractivity contribution in [2.24, 2.45) is 0 Å². The largest absolute Gasteiger partial charge is 0.374 e. The van der Waals surface area contributed by atoms with E-state index < -0.39 is 0 Å². The van der Waals surface area contributed by atoms with E-state index in [0.29, 0.717) is 6.61 Å². The molecule has 0 aromatic heterocycles. The van der Waals surface area contributed by atoms with Crippen molar-refractivity contribution in [3.05, 3.63) is 0 Å². The minimum atomic E-state index is 0.0112. The summed E-state index contributed by atoms with van der Waals surface area (Å²) >= 11 is 0. The smallest absolute Gasteiger partial charge is 0.183 e. The molecule has 0 saturated heterocycles. The van der Waals surface area contributed by atoms with Crippen molar-refractivity contribution in [2.45, 2.75) is 33.3 Å². The summed E-state index contributed by atoms with van der Waals surface area (Å²) in [5.41, 5.74) is 0. The van der Waals surface area contributed by atoms with Crippen LogP contribution in [0.3, 0.4) is 0 Å². The number of ketones is 1. The molecule has 0 aromatic carbocycles. The molecule has 0 aliphatic heterocycles. The molecule has 0 rings (SSSR count). The molecular weight excluding hydrogens is 156 g/mol. The lowest BCUT2D eigenvalue weighted by molar-refractivity contribution is -0.129. The van der Waals surface area contributed by atoms with Gasteiger partial charge in [-0.05, 0) is 20.3 Å². The van der Waals surface area contributed by atoms with Crippen molar-refractivity contribution in [2.75, 3.05) is 19.8 Å². The predicted molar refractivity (Wildman–Crippen MR) is 47.2 cm³/mol. The Bertz CT molecular complexity index is 121. The predicted octanol–water partition coefficient (Wildman–Crippen LogP) is 1.41. The Balaban J connectivity index is 3.22. The van der Waals surface area contributed by atoms with Gasteiger partial charge in [-0.15, -0.1) is 0 Å². The lowest BCUT2D eigenvalue weighted by Crippen LogP contribution is -2.18. The van der Waals surface area contributed by atoms with Gasteiger partial charge in [-0.1, -0.05) is 6.92 Å². The van der Waals surface area contributed by atoms with Crippen molar-refractivity contribution >= 4 is 5.78 Å². The molecule has 3 nitrogen and oxygen atoms in total. The fraction of sp³-hybridized carbons (Fsp3) is 0.889. The molecule has 0 heterocycles. The monoisotopic (exact) mass is 174 g/mol. The molecule has 12 heavy (non-hydrogen) atoms. The Morgan fingerprint density at radius 3 is 2.50 bits per heavy atom. The molecule has 3 heteroatoms. The van der Waals surface area contributed by atoms with Gasteiger partial charge in [0.05, 0.1) is 6.10 Å². The highest BCUT2D eigenvalue weighted by atomic mass is 16.5. The maximum Gasteiger partial charge on any atom is 0.183 e. The highest BCUT2D eigenvalue weighted by molar-refractivity contribution is 5.80. The van der Waals surface area contributed by atoms with Gasteiger partial charge in [0.25, 0.3) is 0 Å². The normalized spacial score (nSPS) is 10.7. The third-order valence-corrected chi connectivity index (χ3v) is 1.19. The van der Waals surface area contributed by atoms with Crippen LogP contribution in [0.5, 0.6) is 0 Å². The summed E-state index contributed by atoms with van der Waals surface area (Å²) in [4.78, 5) is 11.0. The molecule has 0 aliphatic carbocycles. The van der Waals surface area contributed by atoms with Crippen LogP contribution in [0.15, 0.2) is 0 Å². The van der Waals surface area contributed by atoms with E-state index in [4.69, 9.17) is 9.47 Å². The number of ether oxygens (including phenoxy) is 2. The standard InChI is InChI=1S/C9H18O3/c1-4-5-11-6-9(10)7-12-8(2)3/h8H,4-7H2,1-3H3. The summed E-state index contributed by atoms with van der Waals surface area (Å²) in [5.74, 6) is 0.0112. The average Bonchev–Trinajstić information content (AvgIpc) is 2.01. The van der Waals surface area contributed by atoms with Crippen LogP contribution < -0.4 is 0 Å². The molecule has 0 saturated carbocycles. The zero-order chi connectivity index (χ0) is 9.40. The van der Waals surface area contributed by atoms with Gasteiger partial charge >= 0.3 is 0 Å². The summed E-state index contributed by atoms with van der Waals surface area (Å²) in [7, 11) is 0. The van der Waals surface area contributed by atoms with Crippen LogP contribution >= 0.6 is 0 Å². The fourth-order valence-electron chi connectivity index (χ4n) is 0.632. The van der Waals surface area contributed by atoms with Crippen LogP contribution in [0.2, 0.25) is 0 Å². The summed E-state index contributed by atoms with van der Waals surface area (Å²) in [5, 5.41) is 0. The number of hydrogen-bond donors (Lipinski definition) is 0. The Hall–Kier alpha value is -0.410. The highest BCUT2D eigenvalue weighted by Crippen LogP contribution is 1.89. The quantitative estimate of drug-likeness (QED) is 0.547. The van der Waals surface area contributed by atoms with E-state index in [0.717, 1.165) is 6.42 Å². The minimum Gasteiger partial charge on any atom is -0.374 e. The summed E-state index contributed by atoms with van der Waals surface area (Å²) in [6, 6.07) is 0. The summed E-state index contributed by atoms with van der Waals surface area (Å²) < 4.78 is 10.2. The van der Waals surface area contributed by atoms with Gasteiger partial charge in [-0.25, -0.2) is 0 Å². The van der Waals surface area contributed by atoms with Crippen molar-refractivity contribution in [1.82, 2.24) is 0 Å². The number of carbonyl (C=O) groups excluding carboxylic acids is 1. The van der Waals surface area contributed by atoms with Crippen LogP contribution in [0.1, 0.15) is 27.2 Å². The molecule has 0 fully saturated rings. The first kappa shape index (κ1) is 11.6. The van der Waals surface area contributed by atoms with E-state index in [1.165, 1.54) is 0 Å². The van der Waals surface area contributed by atoms with Gasteiger partial charge in [0.1, 0.15) is 13.2 Å². The lowest BCUT2D eigenvalue weighted by Gasteiger charge is -2.06. The molecule has 0 N–H and O–H groups in total. The van der Waals surface area contributed by atoms with Crippen molar-refractivity contribution < 1.29 is 14.3 Å². The first-order chi connectivity index (χ1) is 5.66. The van der Waals surface area contributed by atoms with Crippen LogP contribution in [0.25, 0.3) is 0 Å². The number of rotatable bonds is 7. The summed E-state index contributed by atoms with van der Waals surface area (Å²) in [6.07, 6.45) is 1.05. The van der Waals surface area contributed by atoms with Crippen LogP contribution in [0.4, 0.5) is 0 Å². The van der Waals surface area contributed by atoms with E-state index >= 15 is 0 Å². The second kappa shape index (κ2) is 7.25. The topological polar surface area (TPSA) is 35.5 Å². The zero-order valence-corrected chi connectivity index (χ0v) is 8.13. The number of hydrogen-bond acceptors (Lipinski definition) is 3. The maximum absolute atomic E-state index is 11.0. The zero-order valence-electron chi connectivity index (χ0n) is 8.13. The first-order valence-electron chi connectivity index (χ1n) is 4.37. The molecule has 72 valence electrons. The molecule has 0 aliphatic rings. The maximum atomic E-state index is 11.0. The number of carbonyl (C=O) groups is 1. The summed E-state index contributed by atoms with van der Waals surface area (Å²) in [6.45, 7) is 6.81. The van der Waals surface area contributed by atoms with Gasteiger partial charge < -0.3 is 9.47 Å². The van der Waals surface area contributed by atoms with Crippen LogP contribution in [-0.4, -0.2) is 31.7 Å². The van der Waals surface area contributed by atoms with Gasteiger partial charge in [0.15, 0.2) is 5.78 Å². The Morgan fingerprint density at radius 1 is 1.33 bits per heavy atom. The number of Topliss-reactive ketones (excluding diaryl/α,β-unsaturated/α-hetero) is 1. The molecule has 0 spiro atoms. The van der Waals surface area contributed by atoms with Crippen molar-refractivity contribution in [3.8, 4) is 0 Å². The van der Waals surface area contributed by atoms with E-state index in [2.05, 4.69) is 0 Å². The van der Waals surface area contributed by atoms with Gasteiger partial charge in [-0.2, -0.15) is 0 Å². The van der Waals surface area contributed by atoms with Crippen molar-refractivity contribution in [3.63, 3.8) is 0 Å². The molecule has 0 atom stereocenters. The van der Waals surface area contributed by atoms with E-state index in [-0.39, 0.29) is 25.1 Å². The van der Waals surface area contributed by atoms with Crippen molar-refractivity contribution in [1.29, 1.82) is 0 Å². The second-order valence-corrected chi connectivity index (χ2v) is 2.95.